The van der Waals surface area contributed by atoms with E-state index in [1.54, 1.807) is 12.3 Å². The standard InChI is InChI=1S/C20H18N2O2S/c1-25-20-21-11-10-19(22-20)18(13-23)16-8-5-9-17(12-16)24-14-15-6-3-2-4-7-15/h2-13,18H,14H2,1H3. The number of carbonyl (C=O) groups excluding carboxylic acids is 1. The third-order valence-corrected chi connectivity index (χ3v) is 4.32. The number of ether oxygens (including phenoxy) is 1. The van der Waals surface area contributed by atoms with Crippen LogP contribution in [-0.4, -0.2) is 22.5 Å². The summed E-state index contributed by atoms with van der Waals surface area (Å²) in [5.41, 5.74) is 2.64. The summed E-state index contributed by atoms with van der Waals surface area (Å²) >= 11 is 1.45. The van der Waals surface area contributed by atoms with Crippen molar-refractivity contribution in [1.82, 2.24) is 9.97 Å². The number of rotatable bonds is 7. The van der Waals surface area contributed by atoms with Crippen molar-refractivity contribution in [3.63, 3.8) is 0 Å². The molecular weight excluding hydrogens is 332 g/mol. The summed E-state index contributed by atoms with van der Waals surface area (Å²) in [4.78, 5) is 20.3. The number of thioether (sulfide) groups is 1. The van der Waals surface area contributed by atoms with Crippen LogP contribution in [0.1, 0.15) is 22.7 Å². The lowest BCUT2D eigenvalue weighted by molar-refractivity contribution is -0.108. The van der Waals surface area contributed by atoms with Gasteiger partial charge in [-0.3, -0.25) is 0 Å². The van der Waals surface area contributed by atoms with Gasteiger partial charge in [0.2, 0.25) is 0 Å². The summed E-state index contributed by atoms with van der Waals surface area (Å²) in [7, 11) is 0. The molecular formula is C20H18N2O2S. The first-order valence-electron chi connectivity index (χ1n) is 7.89. The second-order valence-electron chi connectivity index (χ2n) is 5.43. The molecule has 2 aromatic carbocycles. The molecule has 0 bridgehead atoms. The molecule has 0 aliphatic rings. The van der Waals surface area contributed by atoms with Crippen LogP contribution in [0.3, 0.4) is 0 Å². The Labute approximate surface area is 151 Å². The first kappa shape index (κ1) is 17.2. The minimum absolute atomic E-state index is 0.436. The van der Waals surface area contributed by atoms with Crippen LogP contribution in [0.4, 0.5) is 0 Å². The molecule has 3 rings (SSSR count). The summed E-state index contributed by atoms with van der Waals surface area (Å²) in [6.45, 7) is 0.486. The smallest absolute Gasteiger partial charge is 0.187 e. The zero-order chi connectivity index (χ0) is 17.5. The van der Waals surface area contributed by atoms with Gasteiger partial charge in [-0.05, 0) is 35.6 Å². The summed E-state index contributed by atoms with van der Waals surface area (Å²) in [6, 6.07) is 19.3. The Kier molecular flexibility index (Phi) is 5.80. The Hall–Kier alpha value is -2.66. The topological polar surface area (TPSA) is 52.1 Å². The number of nitrogens with zero attached hydrogens (tertiary/aromatic N) is 2. The van der Waals surface area contributed by atoms with Gasteiger partial charge in [-0.25, -0.2) is 9.97 Å². The predicted octanol–water partition coefficient (Wildman–Crippen LogP) is 4.11. The third-order valence-electron chi connectivity index (χ3n) is 3.76. The van der Waals surface area contributed by atoms with Crippen LogP contribution in [0.25, 0.3) is 0 Å². The van der Waals surface area contributed by atoms with E-state index < -0.39 is 5.92 Å². The van der Waals surface area contributed by atoms with Gasteiger partial charge in [0.25, 0.3) is 0 Å². The highest BCUT2D eigenvalue weighted by molar-refractivity contribution is 7.98. The first-order chi connectivity index (χ1) is 12.3. The molecule has 0 radical (unpaired) electrons. The molecule has 5 heteroatoms. The molecule has 0 amide bonds. The van der Waals surface area contributed by atoms with Gasteiger partial charge < -0.3 is 9.53 Å². The lowest BCUT2D eigenvalue weighted by atomic mass is 9.97. The fraction of sp³-hybridized carbons (Fsp3) is 0.150. The predicted molar refractivity (Wildman–Crippen MR) is 98.9 cm³/mol. The van der Waals surface area contributed by atoms with E-state index in [2.05, 4.69) is 9.97 Å². The Morgan fingerprint density at radius 3 is 2.72 bits per heavy atom. The highest BCUT2D eigenvalue weighted by atomic mass is 32.2. The van der Waals surface area contributed by atoms with E-state index >= 15 is 0 Å². The van der Waals surface area contributed by atoms with Gasteiger partial charge in [-0.2, -0.15) is 0 Å². The molecule has 0 saturated heterocycles. The molecule has 1 unspecified atom stereocenters. The first-order valence-corrected chi connectivity index (χ1v) is 9.11. The van der Waals surface area contributed by atoms with Crippen LogP contribution in [0, 0.1) is 0 Å². The van der Waals surface area contributed by atoms with Crippen molar-refractivity contribution in [3.8, 4) is 5.75 Å². The van der Waals surface area contributed by atoms with E-state index in [0.29, 0.717) is 17.5 Å². The fourth-order valence-corrected chi connectivity index (χ4v) is 2.85. The van der Waals surface area contributed by atoms with Crippen molar-refractivity contribution in [2.45, 2.75) is 17.7 Å². The van der Waals surface area contributed by atoms with Crippen molar-refractivity contribution < 1.29 is 9.53 Å². The molecule has 0 fully saturated rings. The van der Waals surface area contributed by atoms with Crippen LogP contribution in [-0.2, 0) is 11.4 Å². The van der Waals surface area contributed by atoms with Crippen LogP contribution in [0.15, 0.2) is 72.0 Å². The summed E-state index contributed by atoms with van der Waals surface area (Å²) < 4.78 is 5.86. The molecule has 0 aliphatic heterocycles. The lowest BCUT2D eigenvalue weighted by Crippen LogP contribution is -2.06. The van der Waals surface area contributed by atoms with Crippen molar-refractivity contribution in [3.05, 3.63) is 83.7 Å². The SMILES string of the molecule is CSc1nccc(C(C=O)c2cccc(OCc3ccccc3)c2)n1. The Morgan fingerprint density at radius 2 is 1.96 bits per heavy atom. The zero-order valence-electron chi connectivity index (χ0n) is 13.8. The molecule has 0 N–H and O–H groups in total. The average Bonchev–Trinajstić information content (AvgIpc) is 2.68. The van der Waals surface area contributed by atoms with Crippen LogP contribution in [0.5, 0.6) is 5.75 Å². The number of benzene rings is 2. The summed E-state index contributed by atoms with van der Waals surface area (Å²) in [5, 5.41) is 0.654. The van der Waals surface area contributed by atoms with Crippen molar-refractivity contribution >= 4 is 18.0 Å². The quantitative estimate of drug-likeness (QED) is 0.365. The van der Waals surface area contributed by atoms with E-state index in [1.807, 2.05) is 60.9 Å². The number of hydrogen-bond acceptors (Lipinski definition) is 5. The Bertz CT molecular complexity index is 840. The molecule has 25 heavy (non-hydrogen) atoms. The third kappa shape index (κ3) is 4.45. The number of carbonyl (C=O) groups is 1. The molecule has 1 aromatic heterocycles. The highest BCUT2D eigenvalue weighted by Crippen LogP contribution is 2.26. The summed E-state index contributed by atoms with van der Waals surface area (Å²) in [5.74, 6) is 0.293. The van der Waals surface area contributed by atoms with E-state index in [1.165, 1.54) is 11.8 Å². The van der Waals surface area contributed by atoms with Gasteiger partial charge in [0.05, 0.1) is 11.6 Å². The van der Waals surface area contributed by atoms with E-state index in [9.17, 15) is 4.79 Å². The van der Waals surface area contributed by atoms with Crippen molar-refractivity contribution in [2.75, 3.05) is 6.26 Å². The minimum Gasteiger partial charge on any atom is -0.489 e. The fourth-order valence-electron chi connectivity index (χ4n) is 2.48. The maximum Gasteiger partial charge on any atom is 0.187 e. The molecule has 3 aromatic rings. The van der Waals surface area contributed by atoms with Gasteiger partial charge in [-0.15, -0.1) is 0 Å². The van der Waals surface area contributed by atoms with E-state index in [0.717, 1.165) is 23.2 Å². The molecule has 4 nitrogen and oxygen atoms in total. The van der Waals surface area contributed by atoms with Crippen molar-refractivity contribution in [1.29, 1.82) is 0 Å². The van der Waals surface area contributed by atoms with E-state index in [-0.39, 0.29) is 0 Å². The molecule has 1 atom stereocenters. The van der Waals surface area contributed by atoms with Crippen LogP contribution in [0.2, 0.25) is 0 Å². The maximum atomic E-state index is 11.7. The number of hydrogen-bond donors (Lipinski definition) is 0. The van der Waals surface area contributed by atoms with Gasteiger partial charge in [0.1, 0.15) is 18.6 Å². The van der Waals surface area contributed by atoms with Crippen molar-refractivity contribution in [2.24, 2.45) is 0 Å². The normalized spacial score (nSPS) is 11.7. The Balaban J connectivity index is 1.80. The van der Waals surface area contributed by atoms with Gasteiger partial charge in [0.15, 0.2) is 5.16 Å². The lowest BCUT2D eigenvalue weighted by Gasteiger charge is -2.13. The van der Waals surface area contributed by atoms with Gasteiger partial charge in [-0.1, -0.05) is 54.2 Å². The summed E-state index contributed by atoms with van der Waals surface area (Å²) in [6.07, 6.45) is 4.50. The van der Waals surface area contributed by atoms with Gasteiger partial charge >= 0.3 is 0 Å². The molecule has 1 heterocycles. The van der Waals surface area contributed by atoms with Gasteiger partial charge in [0, 0.05) is 6.20 Å². The molecule has 0 spiro atoms. The van der Waals surface area contributed by atoms with Crippen LogP contribution < -0.4 is 4.74 Å². The molecule has 0 saturated carbocycles. The average molecular weight is 350 g/mol. The second-order valence-corrected chi connectivity index (χ2v) is 6.20. The second kappa shape index (κ2) is 8.44. The molecule has 0 aliphatic carbocycles. The largest absolute Gasteiger partial charge is 0.489 e. The number of aldehydes is 1. The molecule has 126 valence electrons. The monoisotopic (exact) mass is 350 g/mol. The Morgan fingerprint density at radius 1 is 1.12 bits per heavy atom. The zero-order valence-corrected chi connectivity index (χ0v) is 14.6. The minimum atomic E-state index is -0.436. The number of aromatic nitrogens is 2. The highest BCUT2D eigenvalue weighted by Gasteiger charge is 2.16. The van der Waals surface area contributed by atoms with Crippen LogP contribution >= 0.6 is 11.8 Å². The van der Waals surface area contributed by atoms with E-state index in [4.69, 9.17) is 4.74 Å². The maximum absolute atomic E-state index is 11.7.